The maximum atomic E-state index is 11.4. The van der Waals surface area contributed by atoms with Crippen molar-refractivity contribution in [2.24, 2.45) is 5.73 Å². The van der Waals surface area contributed by atoms with Crippen LogP contribution < -0.4 is 5.73 Å². The standard InChI is InChI=1S/C11H19NO2/c1-3-4-5-8-11(13)10(12)7-6-9-14-2/h1,10H,4-9,12H2,2H3. The Balaban J connectivity index is 3.50. The molecule has 0 aromatic carbocycles. The quantitative estimate of drug-likeness (QED) is 0.468. The fraction of sp³-hybridized carbons (Fsp3) is 0.727. The first kappa shape index (κ1) is 13.2. The molecule has 2 N–H and O–H groups in total. The average molecular weight is 197 g/mol. The molecule has 1 atom stereocenters. The van der Waals surface area contributed by atoms with Gasteiger partial charge in [-0.1, -0.05) is 0 Å². The predicted molar refractivity (Wildman–Crippen MR) is 56.8 cm³/mol. The van der Waals surface area contributed by atoms with Crippen LogP contribution in [0.15, 0.2) is 0 Å². The van der Waals surface area contributed by atoms with Gasteiger partial charge in [0, 0.05) is 26.6 Å². The van der Waals surface area contributed by atoms with Gasteiger partial charge in [-0.3, -0.25) is 4.79 Å². The van der Waals surface area contributed by atoms with E-state index in [-0.39, 0.29) is 11.8 Å². The molecule has 0 fully saturated rings. The van der Waals surface area contributed by atoms with Crippen LogP contribution in [-0.2, 0) is 9.53 Å². The number of carbonyl (C=O) groups is 1. The van der Waals surface area contributed by atoms with Crippen LogP contribution in [0.25, 0.3) is 0 Å². The molecule has 0 saturated heterocycles. The number of hydrogen-bond donors (Lipinski definition) is 1. The smallest absolute Gasteiger partial charge is 0.149 e. The topological polar surface area (TPSA) is 52.3 Å². The van der Waals surface area contributed by atoms with Crippen LogP contribution in [0.1, 0.15) is 32.1 Å². The van der Waals surface area contributed by atoms with Gasteiger partial charge < -0.3 is 10.5 Å². The lowest BCUT2D eigenvalue weighted by Crippen LogP contribution is -2.30. The van der Waals surface area contributed by atoms with Crippen molar-refractivity contribution < 1.29 is 9.53 Å². The molecule has 0 aromatic heterocycles. The Kier molecular flexibility index (Phi) is 8.20. The molecule has 0 bridgehead atoms. The molecule has 0 aliphatic heterocycles. The highest BCUT2D eigenvalue weighted by atomic mass is 16.5. The largest absolute Gasteiger partial charge is 0.385 e. The minimum absolute atomic E-state index is 0.108. The van der Waals surface area contributed by atoms with Gasteiger partial charge in [-0.25, -0.2) is 0 Å². The first-order valence-corrected chi connectivity index (χ1v) is 4.93. The maximum absolute atomic E-state index is 11.4. The van der Waals surface area contributed by atoms with Gasteiger partial charge in [0.1, 0.15) is 5.78 Å². The van der Waals surface area contributed by atoms with Crippen molar-refractivity contribution in [2.75, 3.05) is 13.7 Å². The molecule has 0 heterocycles. The van der Waals surface area contributed by atoms with Crippen molar-refractivity contribution in [1.29, 1.82) is 0 Å². The van der Waals surface area contributed by atoms with Crippen LogP contribution in [0.4, 0.5) is 0 Å². The number of unbranched alkanes of at least 4 members (excludes halogenated alkanes) is 1. The SMILES string of the molecule is C#CCCCC(=O)C(N)CCCOC. The van der Waals surface area contributed by atoms with E-state index in [4.69, 9.17) is 16.9 Å². The van der Waals surface area contributed by atoms with Crippen molar-refractivity contribution in [2.45, 2.75) is 38.1 Å². The molecule has 0 radical (unpaired) electrons. The van der Waals surface area contributed by atoms with E-state index in [1.807, 2.05) is 0 Å². The first-order valence-electron chi connectivity index (χ1n) is 4.93. The molecule has 3 nitrogen and oxygen atoms in total. The third-order valence-corrected chi connectivity index (χ3v) is 2.02. The highest BCUT2D eigenvalue weighted by Gasteiger charge is 2.11. The summed E-state index contributed by atoms with van der Waals surface area (Å²) in [6.45, 7) is 0.658. The van der Waals surface area contributed by atoms with E-state index in [1.54, 1.807) is 7.11 Å². The van der Waals surface area contributed by atoms with Gasteiger partial charge in [-0.15, -0.1) is 12.3 Å². The van der Waals surface area contributed by atoms with Crippen LogP contribution in [-0.4, -0.2) is 25.5 Å². The molecule has 0 aromatic rings. The highest BCUT2D eigenvalue weighted by Crippen LogP contribution is 2.02. The molecule has 3 heteroatoms. The van der Waals surface area contributed by atoms with E-state index >= 15 is 0 Å². The Labute approximate surface area is 86.0 Å². The highest BCUT2D eigenvalue weighted by molar-refractivity contribution is 5.83. The number of ketones is 1. The van der Waals surface area contributed by atoms with Gasteiger partial charge in [0.15, 0.2) is 0 Å². The molecule has 0 saturated carbocycles. The van der Waals surface area contributed by atoms with E-state index < -0.39 is 0 Å². The van der Waals surface area contributed by atoms with Crippen LogP contribution in [0.5, 0.6) is 0 Å². The van der Waals surface area contributed by atoms with Gasteiger partial charge in [0.2, 0.25) is 0 Å². The Morgan fingerprint density at radius 1 is 1.57 bits per heavy atom. The fourth-order valence-corrected chi connectivity index (χ4v) is 1.16. The molecule has 1 unspecified atom stereocenters. The zero-order chi connectivity index (χ0) is 10.8. The summed E-state index contributed by atoms with van der Waals surface area (Å²) in [5.41, 5.74) is 5.68. The number of ether oxygens (including phenoxy) is 1. The summed E-state index contributed by atoms with van der Waals surface area (Å²) < 4.78 is 4.88. The van der Waals surface area contributed by atoms with E-state index in [2.05, 4.69) is 5.92 Å². The summed E-state index contributed by atoms with van der Waals surface area (Å²) >= 11 is 0. The summed E-state index contributed by atoms with van der Waals surface area (Å²) in [6, 6.07) is -0.345. The van der Waals surface area contributed by atoms with Crippen LogP contribution in [0.3, 0.4) is 0 Å². The molecule has 0 spiro atoms. The Morgan fingerprint density at radius 3 is 2.86 bits per heavy atom. The summed E-state index contributed by atoms with van der Waals surface area (Å²) in [5, 5.41) is 0. The minimum Gasteiger partial charge on any atom is -0.385 e. The molecular weight excluding hydrogens is 178 g/mol. The summed E-state index contributed by atoms with van der Waals surface area (Å²) in [4.78, 5) is 11.4. The lowest BCUT2D eigenvalue weighted by atomic mass is 10.0. The van der Waals surface area contributed by atoms with Gasteiger partial charge in [-0.05, 0) is 19.3 Å². The number of methoxy groups -OCH3 is 1. The van der Waals surface area contributed by atoms with Crippen LogP contribution in [0, 0.1) is 12.3 Å². The van der Waals surface area contributed by atoms with E-state index in [9.17, 15) is 4.79 Å². The first-order chi connectivity index (χ1) is 6.72. The predicted octanol–water partition coefficient (Wildman–Crippen LogP) is 1.11. The number of Topliss-reactive ketones (excluding diaryl/α,β-unsaturated/α-hetero) is 1. The van der Waals surface area contributed by atoms with Crippen molar-refractivity contribution in [1.82, 2.24) is 0 Å². The van der Waals surface area contributed by atoms with Crippen LogP contribution >= 0.6 is 0 Å². The van der Waals surface area contributed by atoms with E-state index in [1.165, 1.54) is 0 Å². The number of terminal acetylenes is 1. The van der Waals surface area contributed by atoms with Crippen molar-refractivity contribution >= 4 is 5.78 Å². The van der Waals surface area contributed by atoms with E-state index in [0.29, 0.717) is 25.9 Å². The number of rotatable bonds is 8. The van der Waals surface area contributed by atoms with Gasteiger partial charge >= 0.3 is 0 Å². The summed E-state index contributed by atoms with van der Waals surface area (Å²) in [6.07, 6.45) is 8.50. The fourth-order valence-electron chi connectivity index (χ4n) is 1.16. The monoisotopic (exact) mass is 197 g/mol. The summed E-state index contributed by atoms with van der Waals surface area (Å²) in [7, 11) is 1.64. The normalized spacial score (nSPS) is 12.1. The molecule has 0 amide bonds. The number of hydrogen-bond acceptors (Lipinski definition) is 3. The zero-order valence-electron chi connectivity index (χ0n) is 8.79. The van der Waals surface area contributed by atoms with Crippen LogP contribution in [0.2, 0.25) is 0 Å². The molecular formula is C11H19NO2. The third kappa shape index (κ3) is 6.64. The summed E-state index contributed by atoms with van der Waals surface area (Å²) in [5.74, 6) is 2.61. The van der Waals surface area contributed by atoms with Crippen molar-refractivity contribution in [3.63, 3.8) is 0 Å². The second kappa shape index (κ2) is 8.74. The zero-order valence-corrected chi connectivity index (χ0v) is 8.79. The molecule has 0 rings (SSSR count). The van der Waals surface area contributed by atoms with Gasteiger partial charge in [0.05, 0.1) is 6.04 Å². The molecule has 14 heavy (non-hydrogen) atoms. The Morgan fingerprint density at radius 2 is 2.29 bits per heavy atom. The lowest BCUT2D eigenvalue weighted by Gasteiger charge is -2.09. The van der Waals surface area contributed by atoms with E-state index in [0.717, 1.165) is 12.8 Å². The average Bonchev–Trinajstić information content (AvgIpc) is 2.18. The minimum atomic E-state index is -0.345. The number of carbonyl (C=O) groups excluding carboxylic acids is 1. The van der Waals surface area contributed by atoms with Crippen molar-refractivity contribution in [3.05, 3.63) is 0 Å². The second-order valence-electron chi connectivity index (χ2n) is 3.27. The maximum Gasteiger partial charge on any atom is 0.149 e. The Hall–Kier alpha value is -0.850. The number of nitrogens with two attached hydrogens (primary N) is 1. The Bertz CT molecular complexity index is 196. The van der Waals surface area contributed by atoms with Gasteiger partial charge in [-0.2, -0.15) is 0 Å². The van der Waals surface area contributed by atoms with Gasteiger partial charge in [0.25, 0.3) is 0 Å². The lowest BCUT2D eigenvalue weighted by molar-refractivity contribution is -0.120. The second-order valence-corrected chi connectivity index (χ2v) is 3.27. The third-order valence-electron chi connectivity index (χ3n) is 2.02. The van der Waals surface area contributed by atoms with Crippen molar-refractivity contribution in [3.8, 4) is 12.3 Å². The molecule has 80 valence electrons. The molecule has 0 aliphatic rings. The molecule has 0 aliphatic carbocycles.